The summed E-state index contributed by atoms with van der Waals surface area (Å²) in [6.07, 6.45) is 7.72. The molecule has 74 heavy (non-hydrogen) atoms. The van der Waals surface area contributed by atoms with Gasteiger partial charge in [-0.25, -0.2) is 14.4 Å². The molecule has 424 valence electrons. The van der Waals surface area contributed by atoms with Gasteiger partial charge in [0.15, 0.2) is 0 Å². The van der Waals surface area contributed by atoms with Crippen molar-refractivity contribution in [2.45, 2.75) is 140 Å². The standard InChI is InChI=1S/C21H37N5O5S.C16H23N3O5S.C8H18N4O3.2CH4/c1-2-26-20-18(24-21(26)28)16-32-19(20)8-4-3-6-17(27)7-5-10-29-12-14-31-15-13-30-11-9-23-25-22;1-2-18-15-10(17-16(18)23)9-25-11(15)5-3-4-6-14(22)24-19-12(20)7-8-13(19)21;9-1-3-13-5-7-15-8-6-14-4-2-11-12-10;;/h18-20H,2-16H2,1H3,(H,24,28);10-11,15H,2-9H2,1H3,(H,17,23);1-9H2;2*1H4/t18-,19-,20-;10-,11-,15-;;;/m00.../s1. The van der Waals surface area contributed by atoms with Gasteiger partial charge in [0, 0.05) is 103 Å². The van der Waals surface area contributed by atoms with Crippen molar-refractivity contribution in [1.29, 1.82) is 0 Å². The van der Waals surface area contributed by atoms with Crippen molar-refractivity contribution in [3.63, 3.8) is 0 Å². The zero-order valence-corrected chi connectivity index (χ0v) is 43.7. The van der Waals surface area contributed by atoms with Gasteiger partial charge in [0.1, 0.15) is 5.78 Å². The number of thioether (sulfide) groups is 2. The maximum absolute atomic E-state index is 12.1. The molecule has 4 N–H and O–H groups in total. The number of nitrogens with zero attached hydrogens (tertiary/aromatic N) is 9. The first-order valence-electron chi connectivity index (χ1n) is 25.2. The molecule has 0 aliphatic carbocycles. The number of rotatable bonds is 37. The number of nitrogens with two attached hydrogens (primary N) is 1. The van der Waals surface area contributed by atoms with Gasteiger partial charge in [-0.2, -0.15) is 23.5 Å². The van der Waals surface area contributed by atoms with Gasteiger partial charge in [0.05, 0.1) is 96.8 Å². The first kappa shape index (κ1) is 67.9. The van der Waals surface area contributed by atoms with Crippen LogP contribution in [-0.2, 0) is 52.4 Å². The largest absolute Gasteiger partial charge is 0.379 e. The van der Waals surface area contributed by atoms with Crippen LogP contribution < -0.4 is 16.4 Å². The maximum Gasteiger partial charge on any atom is 0.333 e. The number of ketones is 1. The lowest BCUT2D eigenvalue weighted by atomic mass is 10.0. The van der Waals surface area contributed by atoms with Gasteiger partial charge in [-0.05, 0) is 57.0 Å². The molecule has 6 atom stereocenters. The molecule has 0 spiro atoms. The van der Waals surface area contributed by atoms with E-state index in [2.05, 4.69) is 30.7 Å². The van der Waals surface area contributed by atoms with Crippen LogP contribution in [0.5, 0.6) is 0 Å². The Hall–Kier alpha value is -4.14. The van der Waals surface area contributed by atoms with Gasteiger partial charge in [-0.1, -0.05) is 37.9 Å². The van der Waals surface area contributed by atoms with Gasteiger partial charge in [0.2, 0.25) is 0 Å². The Morgan fingerprint density at radius 3 is 1.45 bits per heavy atom. The zero-order valence-electron chi connectivity index (χ0n) is 42.1. The molecule has 5 aliphatic rings. The highest BCUT2D eigenvalue weighted by Gasteiger charge is 2.48. The van der Waals surface area contributed by atoms with E-state index in [9.17, 15) is 28.8 Å². The summed E-state index contributed by atoms with van der Waals surface area (Å²) in [5.41, 5.74) is 21.3. The van der Waals surface area contributed by atoms with E-state index in [1.54, 1.807) is 0 Å². The number of azide groups is 2. The Morgan fingerprint density at radius 2 is 1.01 bits per heavy atom. The molecule has 25 nitrogen and oxygen atoms in total. The first-order valence-corrected chi connectivity index (χ1v) is 27.3. The maximum atomic E-state index is 12.1. The fourth-order valence-corrected chi connectivity index (χ4v) is 11.7. The third-order valence-corrected chi connectivity index (χ3v) is 14.9. The number of hydrogen-bond donors (Lipinski definition) is 3. The van der Waals surface area contributed by atoms with Crippen molar-refractivity contribution in [3.8, 4) is 0 Å². The predicted octanol–water partition coefficient (Wildman–Crippen LogP) is 5.78. The van der Waals surface area contributed by atoms with Gasteiger partial charge in [-0.15, -0.1) is 5.06 Å². The number of likely N-dealkylation sites (N-methyl/N-ethyl adjacent to an activating group) is 2. The van der Waals surface area contributed by atoms with Gasteiger partial charge in [0.25, 0.3) is 11.8 Å². The quantitative estimate of drug-likeness (QED) is 0.0166. The highest BCUT2D eigenvalue weighted by Crippen LogP contribution is 2.38. The third-order valence-electron chi connectivity index (χ3n) is 11.9. The van der Waals surface area contributed by atoms with E-state index in [1.807, 2.05) is 47.2 Å². The summed E-state index contributed by atoms with van der Waals surface area (Å²) >= 11 is 3.83. The first-order chi connectivity index (χ1) is 35.1. The fraction of sp³-hybridized carbons (Fsp3) is 0.872. The zero-order chi connectivity index (χ0) is 52.2. The van der Waals surface area contributed by atoms with Crippen molar-refractivity contribution in [2.24, 2.45) is 16.0 Å². The minimum atomic E-state index is -0.548. The Labute approximate surface area is 445 Å². The number of imide groups is 1. The molecule has 0 aromatic rings. The lowest BCUT2D eigenvalue weighted by Gasteiger charge is -2.26. The Kier molecular flexibility index (Phi) is 38.6. The van der Waals surface area contributed by atoms with Gasteiger partial charge < -0.3 is 59.4 Å². The van der Waals surface area contributed by atoms with Crippen LogP contribution in [0.25, 0.3) is 20.9 Å². The fourth-order valence-electron chi connectivity index (χ4n) is 8.48. The third kappa shape index (κ3) is 26.1. The molecule has 5 saturated heterocycles. The van der Waals surface area contributed by atoms with Crippen LogP contribution in [0.2, 0.25) is 0 Å². The summed E-state index contributed by atoms with van der Waals surface area (Å²) in [6.45, 7) is 12.7. The van der Waals surface area contributed by atoms with E-state index in [0.29, 0.717) is 152 Å². The van der Waals surface area contributed by atoms with E-state index >= 15 is 0 Å². The van der Waals surface area contributed by atoms with E-state index in [1.165, 1.54) is 0 Å². The van der Waals surface area contributed by atoms with Crippen LogP contribution >= 0.6 is 23.5 Å². The number of ether oxygens (including phenoxy) is 6. The van der Waals surface area contributed by atoms with Crippen molar-refractivity contribution in [2.75, 3.05) is 124 Å². The lowest BCUT2D eigenvalue weighted by Crippen LogP contribution is -2.40. The number of carbonyl (C=O) groups is 6. The van der Waals surface area contributed by atoms with Crippen molar-refractivity contribution < 1.29 is 62.0 Å². The summed E-state index contributed by atoms with van der Waals surface area (Å²) in [6, 6.07) is 1.14. The van der Waals surface area contributed by atoms with E-state index in [0.717, 1.165) is 56.6 Å². The lowest BCUT2D eigenvalue weighted by molar-refractivity contribution is -0.197. The van der Waals surface area contributed by atoms with Crippen molar-refractivity contribution >= 4 is 59.2 Å². The Bertz CT molecular complexity index is 1720. The van der Waals surface area contributed by atoms with Gasteiger partial charge in [-0.3, -0.25) is 14.4 Å². The average molecular weight is 1090 g/mol. The second-order valence-electron chi connectivity index (χ2n) is 17.0. The number of unbranched alkanes of at least 4 members (excludes halogenated alkanes) is 2. The Balaban J connectivity index is 0.000000582. The summed E-state index contributed by atoms with van der Waals surface area (Å²) in [7, 11) is 0. The van der Waals surface area contributed by atoms with Crippen molar-refractivity contribution in [3.05, 3.63) is 20.9 Å². The molecule has 5 rings (SSSR count). The Morgan fingerprint density at radius 1 is 0.608 bits per heavy atom. The monoisotopic (exact) mass is 1090 g/mol. The molecule has 0 unspecified atom stereocenters. The van der Waals surface area contributed by atoms with Crippen LogP contribution in [0.15, 0.2) is 10.2 Å². The molecule has 5 fully saturated rings. The van der Waals surface area contributed by atoms with Crippen LogP contribution in [0, 0.1) is 0 Å². The number of nitrogens with one attached hydrogen (secondary N) is 2. The predicted molar refractivity (Wildman–Crippen MR) is 283 cm³/mol. The number of urea groups is 2. The molecular weight excluding hydrogens is 1000 g/mol. The summed E-state index contributed by atoms with van der Waals surface area (Å²) in [5.74, 6) is 0.767. The highest BCUT2D eigenvalue weighted by molar-refractivity contribution is 8.00. The number of amides is 6. The van der Waals surface area contributed by atoms with Gasteiger partial charge >= 0.3 is 18.0 Å². The minimum absolute atomic E-state index is 0. The van der Waals surface area contributed by atoms with E-state index in [-0.39, 0.29) is 64.3 Å². The van der Waals surface area contributed by atoms with E-state index in [4.69, 9.17) is 50.1 Å². The second kappa shape index (κ2) is 42.0. The normalized spacial score (nSPS) is 21.1. The summed E-state index contributed by atoms with van der Waals surface area (Å²) in [4.78, 5) is 84.5. The molecule has 5 aliphatic heterocycles. The number of hydrogen-bond acceptors (Lipinski definition) is 18. The number of Topliss-reactive ketones (excluding diaryl/α,β-unsaturated/α-hetero) is 1. The highest BCUT2D eigenvalue weighted by atomic mass is 32.2. The molecule has 0 radical (unpaired) electrons. The molecule has 0 aromatic carbocycles. The summed E-state index contributed by atoms with van der Waals surface area (Å²) < 4.78 is 31.5. The second-order valence-corrected chi connectivity index (χ2v) is 19.5. The number of fused-ring (bicyclic) bond motifs is 2. The number of hydroxylamine groups is 2. The molecule has 27 heteroatoms. The average Bonchev–Trinajstić information content (AvgIpc) is 4.18. The molecule has 0 bridgehead atoms. The van der Waals surface area contributed by atoms with Crippen LogP contribution in [0.4, 0.5) is 9.59 Å². The molecule has 0 aromatic heterocycles. The topological polar surface area (TPSA) is 324 Å². The van der Waals surface area contributed by atoms with E-state index < -0.39 is 17.8 Å². The SMILES string of the molecule is C.C.CCN1C(=O)N[C@H]2CS[C@@H](CCCCC(=O)CCCOCCOCCOCCN=[N+]=[N-])[C@H]21.CCN1C(=O)N[C@H]2CS[C@@H](CCCCC(=O)ON3C(=O)CCC3=O)[C@H]21.[N-]=[N+]=NCCOCCOCCOCCN. The molecular formula is C47H86N12O13S2. The molecule has 0 saturated carbocycles. The minimum Gasteiger partial charge on any atom is -0.379 e. The smallest absolute Gasteiger partial charge is 0.333 e. The van der Waals surface area contributed by atoms with Crippen LogP contribution in [-0.4, -0.2) is 209 Å². The van der Waals surface area contributed by atoms with Crippen LogP contribution in [0.3, 0.4) is 0 Å². The van der Waals surface area contributed by atoms with Crippen LogP contribution in [0.1, 0.15) is 106 Å². The molecule has 6 amide bonds. The molecule has 5 heterocycles. The summed E-state index contributed by atoms with van der Waals surface area (Å²) in [5, 5.41) is 14.3. The van der Waals surface area contributed by atoms with Crippen molar-refractivity contribution in [1.82, 2.24) is 25.5 Å². The number of carbonyl (C=O) groups excluding carboxylic acids is 6.